The van der Waals surface area contributed by atoms with Crippen LogP contribution in [0.5, 0.6) is 0 Å². The van der Waals surface area contributed by atoms with Crippen molar-refractivity contribution in [2.75, 3.05) is 0 Å². The summed E-state index contributed by atoms with van der Waals surface area (Å²) < 4.78 is 13.0. The molecule has 2 atom stereocenters. The average Bonchev–Trinajstić information content (AvgIpc) is 2.60. The Bertz CT molecular complexity index is 447. The molecule has 0 aliphatic carbocycles. The highest BCUT2D eigenvalue weighted by atomic mass is 19.1. The van der Waals surface area contributed by atoms with Crippen molar-refractivity contribution in [1.82, 2.24) is 5.32 Å². The molecule has 16 heavy (non-hydrogen) atoms. The molecule has 1 amide bonds. The Morgan fingerprint density at radius 2 is 2.25 bits per heavy atom. The Kier molecular flexibility index (Phi) is 2.60. The number of hydrogen-bond acceptors (Lipinski definition) is 2. The van der Waals surface area contributed by atoms with Crippen LogP contribution in [0, 0.1) is 5.82 Å². The van der Waals surface area contributed by atoms with E-state index < -0.39 is 23.7 Å². The van der Waals surface area contributed by atoms with Crippen LogP contribution in [-0.2, 0) is 9.59 Å². The maximum Gasteiger partial charge on any atom is 0.326 e. The number of carbonyl (C=O) groups is 2. The Labute approximate surface area is 91.1 Å². The molecule has 2 N–H and O–H groups in total. The van der Waals surface area contributed by atoms with Crippen LogP contribution in [0.15, 0.2) is 24.3 Å². The fraction of sp³-hybridized carbons (Fsp3) is 0.273. The number of carboxylic acids is 1. The van der Waals surface area contributed by atoms with Gasteiger partial charge in [-0.1, -0.05) is 12.1 Å². The minimum atomic E-state index is -1.10. The van der Waals surface area contributed by atoms with Gasteiger partial charge < -0.3 is 10.4 Å². The number of amides is 1. The molecule has 0 saturated carbocycles. The topological polar surface area (TPSA) is 66.4 Å². The van der Waals surface area contributed by atoms with Gasteiger partial charge in [-0.15, -0.1) is 0 Å². The van der Waals surface area contributed by atoms with Crippen LogP contribution < -0.4 is 5.32 Å². The lowest BCUT2D eigenvalue weighted by Crippen LogP contribution is -2.36. The first-order chi connectivity index (χ1) is 7.58. The lowest BCUT2D eigenvalue weighted by Gasteiger charge is -2.14. The average molecular weight is 223 g/mol. The van der Waals surface area contributed by atoms with Gasteiger partial charge in [-0.05, 0) is 17.7 Å². The molecule has 0 spiro atoms. The van der Waals surface area contributed by atoms with Gasteiger partial charge in [0, 0.05) is 12.3 Å². The number of rotatable bonds is 2. The molecule has 1 aromatic carbocycles. The van der Waals surface area contributed by atoms with Crippen LogP contribution in [0.2, 0.25) is 0 Å². The third-order valence-corrected chi connectivity index (χ3v) is 2.67. The minimum Gasteiger partial charge on any atom is -0.480 e. The molecule has 1 aliphatic heterocycles. The van der Waals surface area contributed by atoms with Gasteiger partial charge in [-0.3, -0.25) is 4.79 Å². The molecule has 0 radical (unpaired) electrons. The van der Waals surface area contributed by atoms with Gasteiger partial charge in [-0.25, -0.2) is 9.18 Å². The van der Waals surface area contributed by atoms with Crippen LogP contribution >= 0.6 is 0 Å². The van der Waals surface area contributed by atoms with Crippen LogP contribution in [0.3, 0.4) is 0 Å². The summed E-state index contributed by atoms with van der Waals surface area (Å²) in [5.41, 5.74) is 0.533. The summed E-state index contributed by atoms with van der Waals surface area (Å²) in [6.45, 7) is 0. The van der Waals surface area contributed by atoms with E-state index in [1.165, 1.54) is 18.2 Å². The van der Waals surface area contributed by atoms with Crippen molar-refractivity contribution in [2.45, 2.75) is 18.4 Å². The molecule has 0 bridgehead atoms. The van der Waals surface area contributed by atoms with Crippen molar-refractivity contribution in [3.8, 4) is 0 Å². The van der Waals surface area contributed by atoms with Crippen LogP contribution in [0.4, 0.5) is 4.39 Å². The van der Waals surface area contributed by atoms with Gasteiger partial charge in [0.25, 0.3) is 0 Å². The molecule has 1 heterocycles. The minimum absolute atomic E-state index is 0.0837. The zero-order valence-corrected chi connectivity index (χ0v) is 8.31. The maximum absolute atomic E-state index is 13.0. The van der Waals surface area contributed by atoms with Gasteiger partial charge in [0.2, 0.25) is 5.91 Å². The Morgan fingerprint density at radius 1 is 1.50 bits per heavy atom. The number of nitrogens with one attached hydrogen (secondary N) is 1. The second-order valence-electron chi connectivity index (χ2n) is 3.75. The van der Waals surface area contributed by atoms with Crippen molar-refractivity contribution in [1.29, 1.82) is 0 Å². The molecule has 2 rings (SSSR count). The standard InChI is InChI=1S/C11H10FNO3/c12-7-3-1-2-6(4-7)8-5-9(14)13-10(8)11(15)16/h1-4,8,10H,5H2,(H,13,14)(H,15,16)/t8?,10-/m0/s1. The van der Waals surface area contributed by atoms with E-state index in [2.05, 4.69) is 5.32 Å². The number of halogens is 1. The SMILES string of the molecule is O=C1CC(c2cccc(F)c2)[C@@H](C(=O)O)N1. The highest BCUT2D eigenvalue weighted by Crippen LogP contribution is 2.28. The summed E-state index contributed by atoms with van der Waals surface area (Å²) in [7, 11) is 0. The van der Waals surface area contributed by atoms with E-state index >= 15 is 0 Å². The van der Waals surface area contributed by atoms with Gasteiger partial charge in [0.15, 0.2) is 0 Å². The van der Waals surface area contributed by atoms with Crippen LogP contribution in [0.25, 0.3) is 0 Å². The predicted octanol–water partition coefficient (Wildman–Crippen LogP) is 0.882. The largest absolute Gasteiger partial charge is 0.480 e. The van der Waals surface area contributed by atoms with E-state index in [4.69, 9.17) is 5.11 Å². The molecule has 1 saturated heterocycles. The summed E-state index contributed by atoms with van der Waals surface area (Å²) in [6, 6.07) is 4.72. The van der Waals surface area contributed by atoms with Crippen LogP contribution in [-0.4, -0.2) is 23.0 Å². The summed E-state index contributed by atoms with van der Waals surface area (Å²) in [5.74, 6) is -2.34. The molecule has 1 aromatic rings. The highest BCUT2D eigenvalue weighted by molar-refractivity contribution is 5.89. The first-order valence-corrected chi connectivity index (χ1v) is 4.85. The first-order valence-electron chi connectivity index (χ1n) is 4.85. The number of carbonyl (C=O) groups excluding carboxylic acids is 1. The predicted molar refractivity (Wildman–Crippen MR) is 53.3 cm³/mol. The normalized spacial score (nSPS) is 24.2. The van der Waals surface area contributed by atoms with E-state index in [0.717, 1.165) is 0 Å². The van der Waals surface area contributed by atoms with Crippen molar-refractivity contribution < 1.29 is 19.1 Å². The first kappa shape index (κ1) is 10.6. The fourth-order valence-corrected chi connectivity index (χ4v) is 1.93. The van der Waals surface area contributed by atoms with E-state index in [1.807, 2.05) is 0 Å². The number of aliphatic carboxylic acids is 1. The summed E-state index contributed by atoms with van der Waals surface area (Å²) in [5, 5.41) is 11.3. The number of hydrogen-bond donors (Lipinski definition) is 2. The Morgan fingerprint density at radius 3 is 2.88 bits per heavy atom. The highest BCUT2D eigenvalue weighted by Gasteiger charge is 2.38. The van der Waals surface area contributed by atoms with Crippen LogP contribution in [0.1, 0.15) is 17.9 Å². The fourth-order valence-electron chi connectivity index (χ4n) is 1.93. The van der Waals surface area contributed by atoms with Crippen molar-refractivity contribution in [2.24, 2.45) is 0 Å². The zero-order chi connectivity index (χ0) is 11.7. The van der Waals surface area contributed by atoms with E-state index in [1.54, 1.807) is 6.07 Å². The zero-order valence-electron chi connectivity index (χ0n) is 8.31. The van der Waals surface area contributed by atoms with Crippen molar-refractivity contribution in [3.05, 3.63) is 35.6 Å². The second kappa shape index (κ2) is 3.92. The van der Waals surface area contributed by atoms with Crippen molar-refractivity contribution >= 4 is 11.9 Å². The van der Waals surface area contributed by atoms with E-state index in [-0.39, 0.29) is 12.3 Å². The molecular formula is C11H10FNO3. The quantitative estimate of drug-likeness (QED) is 0.782. The third-order valence-electron chi connectivity index (χ3n) is 2.67. The van der Waals surface area contributed by atoms with Gasteiger partial charge in [-0.2, -0.15) is 0 Å². The number of carboxylic acid groups (broad SMARTS) is 1. The monoisotopic (exact) mass is 223 g/mol. The number of benzene rings is 1. The molecule has 1 fully saturated rings. The van der Waals surface area contributed by atoms with E-state index in [0.29, 0.717) is 5.56 Å². The Hall–Kier alpha value is -1.91. The molecule has 1 aliphatic rings. The lowest BCUT2D eigenvalue weighted by molar-refractivity contribution is -0.140. The Balaban J connectivity index is 2.32. The summed E-state index contributed by atoms with van der Waals surface area (Å²) in [4.78, 5) is 22.1. The molecule has 4 nitrogen and oxygen atoms in total. The van der Waals surface area contributed by atoms with Gasteiger partial charge in [0.1, 0.15) is 11.9 Å². The lowest BCUT2D eigenvalue weighted by atomic mass is 9.92. The summed E-state index contributed by atoms with van der Waals surface area (Å²) >= 11 is 0. The molecule has 0 aromatic heterocycles. The van der Waals surface area contributed by atoms with Crippen molar-refractivity contribution in [3.63, 3.8) is 0 Å². The smallest absolute Gasteiger partial charge is 0.326 e. The molecule has 84 valence electrons. The second-order valence-corrected chi connectivity index (χ2v) is 3.75. The van der Waals surface area contributed by atoms with Gasteiger partial charge in [0.05, 0.1) is 0 Å². The van der Waals surface area contributed by atoms with E-state index in [9.17, 15) is 14.0 Å². The molecule has 5 heteroatoms. The van der Waals surface area contributed by atoms with Gasteiger partial charge >= 0.3 is 5.97 Å². The summed E-state index contributed by atoms with van der Waals surface area (Å²) in [6.07, 6.45) is 0.0837. The third kappa shape index (κ3) is 1.88. The molecule has 1 unspecified atom stereocenters. The molecular weight excluding hydrogens is 213 g/mol. The maximum atomic E-state index is 13.0.